The van der Waals surface area contributed by atoms with Gasteiger partial charge in [-0.2, -0.15) is 23.5 Å². The summed E-state index contributed by atoms with van der Waals surface area (Å²) in [6.45, 7) is 2.31. The Kier molecular flexibility index (Phi) is 6.53. The number of aromatic nitrogens is 1. The maximum Gasteiger partial charge on any atom is 0.0410 e. The first-order chi connectivity index (χ1) is 9.24. The number of hydrogen-bond donors (Lipinski definition) is 1. The first kappa shape index (κ1) is 15.7. The monoisotopic (exact) mass is 360 g/mol. The normalized spacial score (nSPS) is 25.2. The Balaban J connectivity index is 2.06. The highest BCUT2D eigenvalue weighted by atomic mass is 79.9. The Morgan fingerprint density at radius 2 is 2.21 bits per heavy atom. The Labute approximate surface area is 133 Å². The van der Waals surface area contributed by atoms with Crippen LogP contribution >= 0.6 is 39.5 Å². The van der Waals surface area contributed by atoms with Crippen molar-refractivity contribution in [2.45, 2.75) is 36.3 Å². The maximum absolute atomic E-state index is 4.27. The Bertz CT molecular complexity index is 403. The fourth-order valence-electron chi connectivity index (χ4n) is 2.52. The molecule has 3 unspecified atom stereocenters. The second-order valence-electron chi connectivity index (χ2n) is 4.76. The molecule has 1 fully saturated rings. The van der Waals surface area contributed by atoms with Crippen LogP contribution in [0.1, 0.15) is 18.9 Å². The summed E-state index contributed by atoms with van der Waals surface area (Å²) < 4.78 is 1.07. The molecule has 2 rings (SSSR count). The van der Waals surface area contributed by atoms with Crippen molar-refractivity contribution in [3.05, 3.63) is 28.5 Å². The maximum atomic E-state index is 4.27. The van der Waals surface area contributed by atoms with Crippen molar-refractivity contribution in [3.63, 3.8) is 0 Å². The van der Waals surface area contributed by atoms with Crippen molar-refractivity contribution in [2.24, 2.45) is 0 Å². The zero-order chi connectivity index (χ0) is 13.7. The van der Waals surface area contributed by atoms with Crippen LogP contribution in [0.2, 0.25) is 0 Å². The smallest absolute Gasteiger partial charge is 0.0410 e. The lowest BCUT2D eigenvalue weighted by Gasteiger charge is -2.36. The van der Waals surface area contributed by atoms with Crippen LogP contribution in [0, 0.1) is 0 Å². The van der Waals surface area contributed by atoms with Crippen molar-refractivity contribution in [1.82, 2.24) is 10.3 Å². The summed E-state index contributed by atoms with van der Waals surface area (Å²) in [7, 11) is 2.09. The number of rotatable bonds is 5. The van der Waals surface area contributed by atoms with Gasteiger partial charge in [-0.25, -0.2) is 0 Å². The summed E-state index contributed by atoms with van der Waals surface area (Å²) in [5.74, 6) is 2.58. The van der Waals surface area contributed by atoms with Crippen LogP contribution in [-0.4, -0.2) is 40.1 Å². The molecule has 0 spiro atoms. The molecule has 0 radical (unpaired) electrons. The van der Waals surface area contributed by atoms with Gasteiger partial charge in [0.2, 0.25) is 0 Å². The number of hydrogen-bond acceptors (Lipinski definition) is 4. The number of thioether (sulfide) groups is 2. The van der Waals surface area contributed by atoms with E-state index in [0.29, 0.717) is 11.3 Å². The zero-order valence-corrected chi connectivity index (χ0v) is 14.7. The second kappa shape index (κ2) is 7.91. The van der Waals surface area contributed by atoms with E-state index in [2.05, 4.69) is 69.8 Å². The van der Waals surface area contributed by atoms with Crippen LogP contribution in [0.3, 0.4) is 0 Å². The molecule has 0 amide bonds. The fourth-order valence-corrected chi connectivity index (χ4v) is 6.23. The van der Waals surface area contributed by atoms with E-state index in [0.717, 1.165) is 16.1 Å². The van der Waals surface area contributed by atoms with Crippen molar-refractivity contribution in [1.29, 1.82) is 0 Å². The van der Waals surface area contributed by atoms with Gasteiger partial charge in [0.1, 0.15) is 0 Å². The topological polar surface area (TPSA) is 24.9 Å². The van der Waals surface area contributed by atoms with Crippen LogP contribution < -0.4 is 5.32 Å². The Morgan fingerprint density at radius 3 is 2.89 bits per heavy atom. The first-order valence-corrected chi connectivity index (χ1v) is 9.63. The first-order valence-electron chi connectivity index (χ1n) is 6.74. The number of pyridine rings is 1. The lowest BCUT2D eigenvalue weighted by Crippen LogP contribution is -2.45. The van der Waals surface area contributed by atoms with Gasteiger partial charge < -0.3 is 5.32 Å². The molecule has 3 atom stereocenters. The van der Waals surface area contributed by atoms with Crippen LogP contribution in [0.15, 0.2) is 22.9 Å². The van der Waals surface area contributed by atoms with Gasteiger partial charge in [-0.3, -0.25) is 4.98 Å². The summed E-state index contributed by atoms with van der Waals surface area (Å²) >= 11 is 7.78. The molecule has 106 valence electrons. The van der Waals surface area contributed by atoms with Crippen LogP contribution in [0.5, 0.6) is 0 Å². The Hall–Kier alpha value is 0.290. The Morgan fingerprint density at radius 1 is 1.42 bits per heavy atom. The van der Waals surface area contributed by atoms with Gasteiger partial charge in [-0.1, -0.05) is 6.92 Å². The van der Waals surface area contributed by atoms with Crippen LogP contribution in [-0.2, 0) is 6.42 Å². The lowest BCUT2D eigenvalue weighted by molar-refractivity contribution is 0.516. The quantitative estimate of drug-likeness (QED) is 0.866. The number of nitrogens with one attached hydrogen (secondary N) is 1. The van der Waals surface area contributed by atoms with Crippen LogP contribution in [0.25, 0.3) is 0 Å². The molecule has 2 nitrogen and oxygen atoms in total. The number of likely N-dealkylation sites (N-methyl/N-ethyl adjacent to an activating group) is 1. The number of nitrogens with zero attached hydrogens (tertiary/aromatic N) is 1. The van der Waals surface area contributed by atoms with Gasteiger partial charge in [0.05, 0.1) is 0 Å². The largest absolute Gasteiger partial charge is 0.316 e. The van der Waals surface area contributed by atoms with Crippen molar-refractivity contribution >= 4 is 39.5 Å². The minimum absolute atomic E-state index is 0.527. The zero-order valence-electron chi connectivity index (χ0n) is 11.4. The highest BCUT2D eigenvalue weighted by Crippen LogP contribution is 2.36. The molecule has 1 N–H and O–H groups in total. The van der Waals surface area contributed by atoms with Gasteiger partial charge >= 0.3 is 0 Å². The standard InChI is InChI=1S/C14H21BrN2S2/c1-3-13-14(19-5-4-18-13)12(16-2)7-10-6-11(15)9-17-8-10/h6,8-9,12-14,16H,3-5,7H2,1-2H3. The summed E-state index contributed by atoms with van der Waals surface area (Å²) in [5, 5.41) is 5.00. The molecule has 1 aromatic rings. The third-order valence-electron chi connectivity index (χ3n) is 3.48. The van der Waals surface area contributed by atoms with Gasteiger partial charge in [-0.05, 0) is 47.4 Å². The molecule has 1 aliphatic heterocycles. The van der Waals surface area contributed by atoms with Gasteiger partial charge in [0.15, 0.2) is 0 Å². The molecule has 0 aliphatic carbocycles. The lowest BCUT2D eigenvalue weighted by atomic mass is 10.0. The van der Waals surface area contributed by atoms with E-state index in [9.17, 15) is 0 Å². The van der Waals surface area contributed by atoms with E-state index < -0.39 is 0 Å². The van der Waals surface area contributed by atoms with E-state index in [1.807, 2.05) is 12.4 Å². The van der Waals surface area contributed by atoms with E-state index >= 15 is 0 Å². The van der Waals surface area contributed by atoms with E-state index in [4.69, 9.17) is 0 Å². The molecule has 5 heteroatoms. The molecule has 0 bridgehead atoms. The molecule has 1 aromatic heterocycles. The molecule has 0 aromatic carbocycles. The minimum Gasteiger partial charge on any atom is -0.316 e. The molecule has 0 saturated carbocycles. The molecule has 1 saturated heterocycles. The average Bonchev–Trinajstić information content (AvgIpc) is 2.45. The predicted octanol–water partition coefficient (Wildman–Crippen LogP) is 3.60. The summed E-state index contributed by atoms with van der Waals surface area (Å²) in [5.41, 5.74) is 1.31. The SMILES string of the molecule is CCC1SCCSC1C(Cc1cncc(Br)c1)NC. The molecular weight excluding hydrogens is 340 g/mol. The molecule has 2 heterocycles. The second-order valence-corrected chi connectivity index (χ2v) is 8.31. The highest BCUT2D eigenvalue weighted by Gasteiger charge is 2.31. The van der Waals surface area contributed by atoms with Gasteiger partial charge in [-0.15, -0.1) is 0 Å². The third kappa shape index (κ3) is 4.38. The van der Waals surface area contributed by atoms with E-state index in [-0.39, 0.29) is 0 Å². The van der Waals surface area contributed by atoms with E-state index in [1.165, 1.54) is 23.5 Å². The van der Waals surface area contributed by atoms with Crippen LogP contribution in [0.4, 0.5) is 0 Å². The summed E-state index contributed by atoms with van der Waals surface area (Å²) in [4.78, 5) is 4.27. The predicted molar refractivity (Wildman–Crippen MR) is 91.3 cm³/mol. The third-order valence-corrected chi connectivity index (χ3v) is 7.32. The average molecular weight is 361 g/mol. The van der Waals surface area contributed by atoms with Crippen molar-refractivity contribution < 1.29 is 0 Å². The molecule has 1 aliphatic rings. The van der Waals surface area contributed by atoms with E-state index in [1.54, 1.807) is 0 Å². The van der Waals surface area contributed by atoms with Gasteiger partial charge in [0.25, 0.3) is 0 Å². The van der Waals surface area contributed by atoms with Gasteiger partial charge in [0, 0.05) is 44.9 Å². The minimum atomic E-state index is 0.527. The molecule has 19 heavy (non-hydrogen) atoms. The molecular formula is C14H21BrN2S2. The van der Waals surface area contributed by atoms with Crippen molar-refractivity contribution in [3.8, 4) is 0 Å². The van der Waals surface area contributed by atoms with Crippen molar-refractivity contribution in [2.75, 3.05) is 18.6 Å². The summed E-state index contributed by atoms with van der Waals surface area (Å²) in [6.07, 6.45) is 6.14. The number of halogens is 1. The summed E-state index contributed by atoms with van der Waals surface area (Å²) in [6, 6.07) is 2.71. The highest BCUT2D eigenvalue weighted by molar-refractivity contribution is 9.10. The fraction of sp³-hybridized carbons (Fsp3) is 0.643.